The normalized spacial score (nSPS) is 27.2. The standard InChI is InChI=1S/C20H30ClN5O/c21-18-6-7-19(24-23-18)26-12-8-15(9-13-26)20(27)22-14-16-4-3-11-25-10-2-1-5-17(16)25/h6-7,15-17H,1-5,8-14H2,(H,22,27)/t16-,17+/m1/s1. The molecule has 4 rings (SSSR count). The van der Waals surface area contributed by atoms with Crippen molar-refractivity contribution < 1.29 is 4.79 Å². The van der Waals surface area contributed by atoms with Crippen molar-refractivity contribution in [2.24, 2.45) is 11.8 Å². The lowest BCUT2D eigenvalue weighted by molar-refractivity contribution is -0.126. The molecular formula is C20H30ClN5O. The molecule has 0 aromatic carbocycles. The predicted octanol–water partition coefficient (Wildman–Crippen LogP) is 2.73. The van der Waals surface area contributed by atoms with Gasteiger partial charge in [0.1, 0.15) is 0 Å². The van der Waals surface area contributed by atoms with E-state index in [2.05, 4.69) is 25.3 Å². The smallest absolute Gasteiger partial charge is 0.223 e. The fourth-order valence-electron chi connectivity index (χ4n) is 5.04. The Bertz CT molecular complexity index is 630. The van der Waals surface area contributed by atoms with Crippen molar-refractivity contribution in [1.29, 1.82) is 0 Å². The maximum absolute atomic E-state index is 12.7. The molecule has 3 saturated heterocycles. The Morgan fingerprint density at radius 3 is 2.63 bits per heavy atom. The number of hydrogen-bond donors (Lipinski definition) is 1. The number of aromatic nitrogens is 2. The third-order valence-corrected chi connectivity index (χ3v) is 6.78. The molecule has 6 nitrogen and oxygen atoms in total. The van der Waals surface area contributed by atoms with Gasteiger partial charge in [0.25, 0.3) is 0 Å². The quantitative estimate of drug-likeness (QED) is 0.855. The summed E-state index contributed by atoms with van der Waals surface area (Å²) < 4.78 is 0. The molecule has 0 unspecified atom stereocenters. The van der Waals surface area contributed by atoms with Gasteiger partial charge in [-0.05, 0) is 69.7 Å². The second-order valence-corrected chi connectivity index (χ2v) is 8.61. The minimum absolute atomic E-state index is 0.118. The number of nitrogens with one attached hydrogen (secondary N) is 1. The summed E-state index contributed by atoms with van der Waals surface area (Å²) in [7, 11) is 0. The van der Waals surface area contributed by atoms with Gasteiger partial charge >= 0.3 is 0 Å². The molecule has 27 heavy (non-hydrogen) atoms. The van der Waals surface area contributed by atoms with Gasteiger partial charge in [0.05, 0.1) is 0 Å². The van der Waals surface area contributed by atoms with Crippen LogP contribution in [0.2, 0.25) is 5.15 Å². The van der Waals surface area contributed by atoms with E-state index in [1.807, 2.05) is 6.07 Å². The van der Waals surface area contributed by atoms with Crippen LogP contribution < -0.4 is 10.2 Å². The number of fused-ring (bicyclic) bond motifs is 1. The zero-order valence-electron chi connectivity index (χ0n) is 15.9. The minimum Gasteiger partial charge on any atom is -0.356 e. The molecule has 0 bridgehead atoms. The van der Waals surface area contributed by atoms with Crippen LogP contribution in [-0.2, 0) is 4.79 Å². The van der Waals surface area contributed by atoms with Crippen LogP contribution in [-0.4, -0.2) is 59.8 Å². The van der Waals surface area contributed by atoms with Crippen molar-refractivity contribution in [2.75, 3.05) is 37.6 Å². The summed E-state index contributed by atoms with van der Waals surface area (Å²) in [4.78, 5) is 17.6. The lowest BCUT2D eigenvalue weighted by atomic mass is 9.83. The summed E-state index contributed by atoms with van der Waals surface area (Å²) in [5.74, 6) is 1.84. The van der Waals surface area contributed by atoms with Crippen LogP contribution in [0.15, 0.2) is 12.1 Å². The van der Waals surface area contributed by atoms with E-state index in [4.69, 9.17) is 11.6 Å². The first-order valence-electron chi connectivity index (χ1n) is 10.5. The van der Waals surface area contributed by atoms with Gasteiger partial charge in [-0.1, -0.05) is 18.0 Å². The molecule has 0 spiro atoms. The molecule has 1 amide bonds. The minimum atomic E-state index is 0.118. The molecule has 1 aromatic rings. The van der Waals surface area contributed by atoms with E-state index in [0.717, 1.165) is 38.3 Å². The number of rotatable bonds is 4. The van der Waals surface area contributed by atoms with E-state index < -0.39 is 0 Å². The van der Waals surface area contributed by atoms with Crippen LogP contribution >= 0.6 is 11.6 Å². The van der Waals surface area contributed by atoms with Crippen molar-refractivity contribution in [3.05, 3.63) is 17.3 Å². The molecule has 0 saturated carbocycles. The number of piperidine rings is 3. The fraction of sp³-hybridized carbons (Fsp3) is 0.750. The zero-order chi connectivity index (χ0) is 18.6. The second kappa shape index (κ2) is 8.74. The molecule has 0 aliphatic carbocycles. The van der Waals surface area contributed by atoms with Crippen molar-refractivity contribution in [1.82, 2.24) is 20.4 Å². The summed E-state index contributed by atoms with van der Waals surface area (Å²) in [5.41, 5.74) is 0. The molecule has 3 aliphatic rings. The van der Waals surface area contributed by atoms with Crippen LogP contribution in [0, 0.1) is 11.8 Å². The molecule has 3 fully saturated rings. The molecule has 1 N–H and O–H groups in total. The third kappa shape index (κ3) is 4.54. The number of nitrogens with zero attached hydrogens (tertiary/aromatic N) is 4. The van der Waals surface area contributed by atoms with Crippen LogP contribution in [0.1, 0.15) is 44.9 Å². The largest absolute Gasteiger partial charge is 0.356 e. The highest BCUT2D eigenvalue weighted by molar-refractivity contribution is 6.29. The molecular weight excluding hydrogens is 362 g/mol. The zero-order valence-corrected chi connectivity index (χ0v) is 16.7. The first-order valence-corrected chi connectivity index (χ1v) is 10.8. The van der Waals surface area contributed by atoms with Crippen LogP contribution in [0.4, 0.5) is 5.82 Å². The van der Waals surface area contributed by atoms with Gasteiger partial charge in [0.2, 0.25) is 5.91 Å². The number of amides is 1. The van der Waals surface area contributed by atoms with E-state index >= 15 is 0 Å². The number of hydrogen-bond acceptors (Lipinski definition) is 5. The highest BCUT2D eigenvalue weighted by Gasteiger charge is 2.33. The Balaban J connectivity index is 1.24. The molecule has 148 valence electrons. The summed E-state index contributed by atoms with van der Waals surface area (Å²) in [6.07, 6.45) is 8.27. The Kier molecular flexibility index (Phi) is 6.13. The van der Waals surface area contributed by atoms with Gasteiger partial charge in [-0.15, -0.1) is 10.2 Å². The van der Waals surface area contributed by atoms with Gasteiger partial charge in [-0.3, -0.25) is 4.79 Å². The van der Waals surface area contributed by atoms with E-state index in [9.17, 15) is 4.79 Å². The van der Waals surface area contributed by atoms with Crippen LogP contribution in [0.25, 0.3) is 0 Å². The van der Waals surface area contributed by atoms with Gasteiger partial charge in [0, 0.05) is 31.6 Å². The van der Waals surface area contributed by atoms with Gasteiger partial charge in [-0.25, -0.2) is 0 Å². The van der Waals surface area contributed by atoms with E-state index in [1.165, 1.54) is 45.2 Å². The lowest BCUT2D eigenvalue weighted by Crippen LogP contribution is -2.51. The van der Waals surface area contributed by atoms with E-state index in [-0.39, 0.29) is 11.8 Å². The van der Waals surface area contributed by atoms with Crippen molar-refractivity contribution in [3.8, 4) is 0 Å². The van der Waals surface area contributed by atoms with Gasteiger partial charge < -0.3 is 15.1 Å². The average molecular weight is 392 g/mol. The average Bonchev–Trinajstić information content (AvgIpc) is 2.72. The van der Waals surface area contributed by atoms with Crippen LogP contribution in [0.5, 0.6) is 0 Å². The monoisotopic (exact) mass is 391 g/mol. The molecule has 7 heteroatoms. The number of halogens is 1. The maximum atomic E-state index is 12.7. The van der Waals surface area contributed by atoms with Gasteiger partial charge in [-0.2, -0.15) is 0 Å². The Morgan fingerprint density at radius 2 is 1.85 bits per heavy atom. The fourth-order valence-corrected chi connectivity index (χ4v) is 5.14. The molecule has 3 aliphatic heterocycles. The molecule has 0 radical (unpaired) electrons. The number of carbonyl (C=O) groups is 1. The highest BCUT2D eigenvalue weighted by atomic mass is 35.5. The summed E-state index contributed by atoms with van der Waals surface area (Å²) >= 11 is 5.81. The maximum Gasteiger partial charge on any atom is 0.223 e. The first kappa shape index (κ1) is 18.9. The van der Waals surface area contributed by atoms with E-state index in [1.54, 1.807) is 6.07 Å². The van der Waals surface area contributed by atoms with Crippen molar-refractivity contribution in [2.45, 2.75) is 51.0 Å². The first-order chi connectivity index (χ1) is 13.2. The van der Waals surface area contributed by atoms with Crippen molar-refractivity contribution >= 4 is 23.3 Å². The second-order valence-electron chi connectivity index (χ2n) is 8.22. The molecule has 2 atom stereocenters. The summed E-state index contributed by atoms with van der Waals surface area (Å²) in [6.45, 7) is 5.04. The van der Waals surface area contributed by atoms with Gasteiger partial charge in [0.15, 0.2) is 11.0 Å². The number of carbonyl (C=O) groups excluding carboxylic acids is 1. The molecule has 4 heterocycles. The molecule has 1 aromatic heterocycles. The predicted molar refractivity (Wildman–Crippen MR) is 107 cm³/mol. The topological polar surface area (TPSA) is 61.4 Å². The number of anilines is 1. The Morgan fingerprint density at radius 1 is 1.04 bits per heavy atom. The Hall–Kier alpha value is -1.40. The van der Waals surface area contributed by atoms with E-state index in [0.29, 0.717) is 17.1 Å². The van der Waals surface area contributed by atoms with Crippen LogP contribution in [0.3, 0.4) is 0 Å². The third-order valence-electron chi connectivity index (χ3n) is 6.57. The summed E-state index contributed by atoms with van der Waals surface area (Å²) in [5, 5.41) is 11.8. The highest BCUT2D eigenvalue weighted by Crippen LogP contribution is 2.30. The lowest BCUT2D eigenvalue weighted by Gasteiger charge is -2.44. The Labute approximate surface area is 166 Å². The summed E-state index contributed by atoms with van der Waals surface area (Å²) in [6, 6.07) is 4.36. The van der Waals surface area contributed by atoms with Crippen molar-refractivity contribution in [3.63, 3.8) is 0 Å². The SMILES string of the molecule is O=C(NC[C@H]1CCCN2CCCC[C@@H]12)C1CCN(c2ccc(Cl)nn2)CC1.